The zero-order valence-electron chi connectivity index (χ0n) is 18.4. The molecule has 0 saturated carbocycles. The predicted molar refractivity (Wildman–Crippen MR) is 130 cm³/mol. The number of rotatable bonds is 0. The standard InChI is InChI=1S/C30H25Cl/c1-18-12-14-22-25(16-18)29(3,4)26-17-19(2)13-15-23(26)30(22)21-9-6-5-8-20(21)28-24(30)10-7-11-27(28)31/h5-17H,1-4H3. The molecule has 0 nitrogen and oxygen atoms in total. The van der Waals surface area contributed by atoms with Crippen LogP contribution in [0.4, 0.5) is 0 Å². The van der Waals surface area contributed by atoms with Crippen LogP contribution >= 0.6 is 11.6 Å². The normalized spacial score (nSPS) is 16.4. The van der Waals surface area contributed by atoms with Crippen molar-refractivity contribution in [3.8, 4) is 11.1 Å². The number of hydrogen-bond acceptors (Lipinski definition) is 0. The Morgan fingerprint density at radius 2 is 1.16 bits per heavy atom. The van der Waals surface area contributed by atoms with Crippen LogP contribution in [0.15, 0.2) is 78.9 Å². The van der Waals surface area contributed by atoms with E-state index in [1.807, 2.05) is 6.07 Å². The second-order valence-electron chi connectivity index (χ2n) is 9.68. The van der Waals surface area contributed by atoms with E-state index in [2.05, 4.69) is 100 Å². The number of aryl methyl sites for hydroxylation is 2. The summed E-state index contributed by atoms with van der Waals surface area (Å²) < 4.78 is 0. The Balaban J connectivity index is 1.89. The second-order valence-corrected chi connectivity index (χ2v) is 10.1. The quantitative estimate of drug-likeness (QED) is 0.238. The van der Waals surface area contributed by atoms with Gasteiger partial charge < -0.3 is 0 Å². The van der Waals surface area contributed by atoms with Gasteiger partial charge in [0.2, 0.25) is 0 Å². The van der Waals surface area contributed by atoms with Gasteiger partial charge in [-0.2, -0.15) is 0 Å². The molecule has 152 valence electrons. The fourth-order valence-electron chi connectivity index (χ4n) is 6.16. The molecule has 0 radical (unpaired) electrons. The molecular weight excluding hydrogens is 396 g/mol. The minimum atomic E-state index is -0.349. The molecule has 0 amide bonds. The lowest BCUT2D eigenvalue weighted by Crippen LogP contribution is -2.40. The highest BCUT2D eigenvalue weighted by Gasteiger charge is 2.53. The van der Waals surface area contributed by atoms with Crippen molar-refractivity contribution in [2.45, 2.75) is 38.5 Å². The molecule has 2 aliphatic carbocycles. The monoisotopic (exact) mass is 420 g/mol. The highest BCUT2D eigenvalue weighted by atomic mass is 35.5. The molecule has 4 aromatic rings. The van der Waals surface area contributed by atoms with E-state index in [1.54, 1.807) is 0 Å². The van der Waals surface area contributed by atoms with E-state index in [0.717, 1.165) is 5.02 Å². The molecule has 0 aromatic heterocycles. The van der Waals surface area contributed by atoms with Gasteiger partial charge in [-0.25, -0.2) is 0 Å². The Kier molecular flexibility index (Phi) is 3.73. The SMILES string of the molecule is Cc1ccc2c(c1)C(C)(C)c1cc(C)ccc1C21c2ccccc2-c2c(Cl)cccc21. The Bertz CT molecular complexity index is 1330. The lowest BCUT2D eigenvalue weighted by Gasteiger charge is -2.47. The smallest absolute Gasteiger partial charge is 0.0720 e. The van der Waals surface area contributed by atoms with Crippen LogP contribution in [0.1, 0.15) is 58.4 Å². The second kappa shape index (κ2) is 6.11. The van der Waals surface area contributed by atoms with Crippen molar-refractivity contribution in [2.24, 2.45) is 0 Å². The van der Waals surface area contributed by atoms with Crippen molar-refractivity contribution in [3.63, 3.8) is 0 Å². The maximum Gasteiger partial charge on any atom is 0.0720 e. The van der Waals surface area contributed by atoms with Gasteiger partial charge in [-0.1, -0.05) is 109 Å². The molecule has 0 saturated heterocycles. The number of fused-ring (bicyclic) bond motifs is 9. The highest BCUT2D eigenvalue weighted by molar-refractivity contribution is 6.34. The van der Waals surface area contributed by atoms with Gasteiger partial charge >= 0.3 is 0 Å². The third-order valence-corrected chi connectivity index (χ3v) is 7.84. The molecule has 4 aromatic carbocycles. The fourth-order valence-corrected chi connectivity index (χ4v) is 6.43. The number of benzene rings is 4. The minimum Gasteiger partial charge on any atom is -0.0837 e. The first-order valence-corrected chi connectivity index (χ1v) is 11.4. The molecule has 0 atom stereocenters. The Hall–Kier alpha value is -2.83. The molecular formula is C30H25Cl. The number of hydrogen-bond donors (Lipinski definition) is 0. The number of halogens is 1. The first-order valence-electron chi connectivity index (χ1n) is 11.0. The molecule has 0 N–H and O–H groups in total. The van der Waals surface area contributed by atoms with E-state index in [4.69, 9.17) is 11.6 Å². The van der Waals surface area contributed by atoms with Gasteiger partial charge in [0.1, 0.15) is 0 Å². The van der Waals surface area contributed by atoms with Crippen LogP contribution in [-0.2, 0) is 10.8 Å². The average Bonchev–Trinajstić information content (AvgIpc) is 3.05. The van der Waals surface area contributed by atoms with Crippen molar-refractivity contribution < 1.29 is 0 Å². The van der Waals surface area contributed by atoms with Crippen molar-refractivity contribution in [3.05, 3.63) is 128 Å². The van der Waals surface area contributed by atoms with Crippen LogP contribution in [0.2, 0.25) is 5.02 Å². The average molecular weight is 421 g/mol. The summed E-state index contributed by atoms with van der Waals surface area (Å²) in [7, 11) is 0. The molecule has 0 aliphatic heterocycles. The van der Waals surface area contributed by atoms with E-state index in [0.29, 0.717) is 0 Å². The van der Waals surface area contributed by atoms with Gasteiger partial charge in [0.25, 0.3) is 0 Å². The van der Waals surface area contributed by atoms with Crippen molar-refractivity contribution in [1.82, 2.24) is 0 Å². The lowest BCUT2D eigenvalue weighted by molar-refractivity contribution is 0.562. The minimum absolute atomic E-state index is 0.0791. The van der Waals surface area contributed by atoms with Gasteiger partial charge in [0.05, 0.1) is 5.41 Å². The molecule has 0 unspecified atom stereocenters. The van der Waals surface area contributed by atoms with E-state index in [9.17, 15) is 0 Å². The molecule has 6 rings (SSSR count). The Morgan fingerprint density at radius 1 is 0.581 bits per heavy atom. The summed E-state index contributed by atoms with van der Waals surface area (Å²) in [4.78, 5) is 0. The van der Waals surface area contributed by atoms with Crippen molar-refractivity contribution in [1.29, 1.82) is 0 Å². The van der Waals surface area contributed by atoms with Gasteiger partial charge in [0.15, 0.2) is 0 Å². The first-order chi connectivity index (χ1) is 14.9. The first kappa shape index (κ1) is 18.9. The molecule has 0 heterocycles. The summed E-state index contributed by atoms with van der Waals surface area (Å²) in [5.41, 5.74) is 12.8. The maximum atomic E-state index is 6.86. The highest BCUT2D eigenvalue weighted by Crippen LogP contribution is 2.63. The van der Waals surface area contributed by atoms with E-state index < -0.39 is 0 Å². The van der Waals surface area contributed by atoms with Crippen LogP contribution in [0, 0.1) is 13.8 Å². The molecule has 1 heteroatoms. The zero-order valence-corrected chi connectivity index (χ0v) is 19.1. The van der Waals surface area contributed by atoms with Crippen LogP contribution in [-0.4, -0.2) is 0 Å². The summed E-state index contributed by atoms with van der Waals surface area (Å²) >= 11 is 6.86. The summed E-state index contributed by atoms with van der Waals surface area (Å²) in [5, 5.41) is 0.828. The van der Waals surface area contributed by atoms with Crippen LogP contribution in [0.3, 0.4) is 0 Å². The van der Waals surface area contributed by atoms with Crippen LogP contribution in [0.5, 0.6) is 0 Å². The molecule has 2 aliphatic rings. The molecule has 31 heavy (non-hydrogen) atoms. The van der Waals surface area contributed by atoms with Gasteiger partial charge in [-0.3, -0.25) is 0 Å². The molecule has 0 bridgehead atoms. The van der Waals surface area contributed by atoms with E-state index in [-0.39, 0.29) is 10.8 Å². The van der Waals surface area contributed by atoms with Crippen LogP contribution < -0.4 is 0 Å². The Labute approximate surface area is 189 Å². The van der Waals surface area contributed by atoms with Gasteiger partial charge in [-0.15, -0.1) is 0 Å². The summed E-state index contributed by atoms with van der Waals surface area (Å²) in [6.07, 6.45) is 0. The maximum absolute atomic E-state index is 6.86. The molecule has 1 spiro atoms. The Morgan fingerprint density at radius 3 is 1.81 bits per heavy atom. The third kappa shape index (κ3) is 2.21. The largest absolute Gasteiger partial charge is 0.0837 e. The lowest BCUT2D eigenvalue weighted by atomic mass is 9.55. The fraction of sp³-hybridized carbons (Fsp3) is 0.200. The van der Waals surface area contributed by atoms with E-state index >= 15 is 0 Å². The topological polar surface area (TPSA) is 0 Å². The van der Waals surface area contributed by atoms with Gasteiger partial charge in [-0.05, 0) is 58.9 Å². The van der Waals surface area contributed by atoms with Gasteiger partial charge in [0, 0.05) is 16.0 Å². The predicted octanol–water partition coefficient (Wildman–Crippen LogP) is 7.96. The summed E-state index contributed by atoms with van der Waals surface area (Å²) in [6.45, 7) is 9.14. The summed E-state index contributed by atoms with van der Waals surface area (Å²) in [5.74, 6) is 0. The summed E-state index contributed by atoms with van der Waals surface area (Å²) in [6, 6.07) is 29.3. The van der Waals surface area contributed by atoms with Crippen molar-refractivity contribution >= 4 is 11.6 Å². The van der Waals surface area contributed by atoms with Crippen LogP contribution in [0.25, 0.3) is 11.1 Å². The van der Waals surface area contributed by atoms with E-state index in [1.165, 1.54) is 55.6 Å². The third-order valence-electron chi connectivity index (χ3n) is 7.52. The zero-order chi connectivity index (χ0) is 21.5. The molecule has 0 fully saturated rings. The van der Waals surface area contributed by atoms with Crippen molar-refractivity contribution in [2.75, 3.05) is 0 Å².